The molecule has 2 N–H and O–H groups in total. The Morgan fingerprint density at radius 2 is 1.48 bits per heavy atom. The molecule has 0 aliphatic rings. The molecule has 0 atom stereocenters. The summed E-state index contributed by atoms with van der Waals surface area (Å²) >= 11 is 1.37. The number of benzene rings is 1. The molecule has 0 spiro atoms. The summed E-state index contributed by atoms with van der Waals surface area (Å²) in [5.41, 5.74) is 1.76. The molecular weight excluding hydrogens is 356 g/mol. The summed E-state index contributed by atoms with van der Waals surface area (Å²) in [7, 11) is 0. The number of rotatable bonds is 13. The second-order valence-electron chi connectivity index (χ2n) is 6.99. The van der Waals surface area contributed by atoms with Crippen LogP contribution in [-0.2, 0) is 0 Å². The second kappa shape index (κ2) is 12.4. The molecule has 27 heavy (non-hydrogen) atoms. The number of amides is 1. The van der Waals surface area contributed by atoms with E-state index in [1.165, 1.54) is 62.7 Å². The molecule has 0 unspecified atom stereocenters. The van der Waals surface area contributed by atoms with Crippen molar-refractivity contribution >= 4 is 27.5 Å². The summed E-state index contributed by atoms with van der Waals surface area (Å²) in [6.45, 7) is 5.15. The van der Waals surface area contributed by atoms with Gasteiger partial charge in [0.2, 0.25) is 10.3 Å². The van der Waals surface area contributed by atoms with Gasteiger partial charge >= 0.3 is 0 Å². The highest BCUT2D eigenvalue weighted by Gasteiger charge is 2.09. The Morgan fingerprint density at radius 1 is 0.889 bits per heavy atom. The Hall–Kier alpha value is -1.95. The van der Waals surface area contributed by atoms with Crippen molar-refractivity contribution in [3.8, 4) is 0 Å². The number of aromatic nitrogens is 2. The van der Waals surface area contributed by atoms with Gasteiger partial charge in [-0.15, -0.1) is 10.2 Å². The third-order valence-electron chi connectivity index (χ3n) is 4.52. The van der Waals surface area contributed by atoms with Crippen LogP contribution in [-0.4, -0.2) is 22.6 Å². The maximum atomic E-state index is 12.2. The van der Waals surface area contributed by atoms with E-state index in [2.05, 4.69) is 27.8 Å². The van der Waals surface area contributed by atoms with Crippen molar-refractivity contribution in [1.29, 1.82) is 0 Å². The molecule has 0 radical (unpaired) electrons. The number of hydrogen-bond donors (Lipinski definition) is 2. The summed E-state index contributed by atoms with van der Waals surface area (Å²) in [6.07, 6.45) is 11.9. The molecule has 5 nitrogen and oxygen atoms in total. The van der Waals surface area contributed by atoms with Crippen LogP contribution < -0.4 is 10.6 Å². The zero-order valence-electron chi connectivity index (χ0n) is 16.6. The zero-order chi connectivity index (χ0) is 19.3. The Bertz CT molecular complexity index is 669. The van der Waals surface area contributed by atoms with E-state index in [0.717, 1.165) is 23.7 Å². The molecule has 1 heterocycles. The maximum absolute atomic E-state index is 12.2. The van der Waals surface area contributed by atoms with Crippen LogP contribution in [0.1, 0.15) is 80.6 Å². The van der Waals surface area contributed by atoms with E-state index in [1.807, 2.05) is 31.2 Å². The molecule has 0 saturated carbocycles. The average molecular weight is 389 g/mol. The number of hydrogen-bond acceptors (Lipinski definition) is 5. The molecule has 0 bridgehead atoms. The predicted octanol–water partition coefficient (Wildman–Crippen LogP) is 6.04. The minimum absolute atomic E-state index is 0.156. The van der Waals surface area contributed by atoms with E-state index >= 15 is 0 Å². The Kier molecular flexibility index (Phi) is 9.84. The summed E-state index contributed by atoms with van der Waals surface area (Å²) in [5.74, 6) is -0.156. The third kappa shape index (κ3) is 8.52. The molecule has 0 saturated heterocycles. The normalized spacial score (nSPS) is 10.7. The van der Waals surface area contributed by atoms with Crippen LogP contribution in [0.2, 0.25) is 0 Å². The Labute approximate surface area is 167 Å². The van der Waals surface area contributed by atoms with Gasteiger partial charge in [-0.05, 0) is 25.5 Å². The van der Waals surface area contributed by atoms with Gasteiger partial charge in [0.05, 0.1) is 0 Å². The van der Waals surface area contributed by atoms with Crippen LogP contribution >= 0.6 is 11.3 Å². The van der Waals surface area contributed by atoms with Gasteiger partial charge in [0, 0.05) is 12.1 Å². The quantitative estimate of drug-likeness (QED) is 0.410. The first-order valence-corrected chi connectivity index (χ1v) is 11.0. The minimum atomic E-state index is -0.156. The first-order valence-electron chi connectivity index (χ1n) is 10.1. The SMILES string of the molecule is CCCCCCCCCCCNc1nnc(NC(=O)c2ccc(C)cc2)s1. The molecule has 2 rings (SSSR count). The van der Waals surface area contributed by atoms with E-state index < -0.39 is 0 Å². The molecule has 6 heteroatoms. The largest absolute Gasteiger partial charge is 0.360 e. The number of carbonyl (C=O) groups is 1. The molecule has 0 fully saturated rings. The second-order valence-corrected chi connectivity index (χ2v) is 7.97. The molecule has 0 aliphatic heterocycles. The molecule has 1 aromatic heterocycles. The summed E-state index contributed by atoms with van der Waals surface area (Å²) in [6, 6.07) is 7.48. The van der Waals surface area contributed by atoms with E-state index in [-0.39, 0.29) is 5.91 Å². The average Bonchev–Trinajstić information content (AvgIpc) is 3.11. The molecule has 2 aromatic rings. The lowest BCUT2D eigenvalue weighted by Crippen LogP contribution is -2.11. The smallest absolute Gasteiger partial charge is 0.257 e. The molecular formula is C21H32N4OS. The Balaban J connectivity index is 1.58. The van der Waals surface area contributed by atoms with Crippen molar-refractivity contribution in [3.63, 3.8) is 0 Å². The van der Waals surface area contributed by atoms with Gasteiger partial charge in [-0.2, -0.15) is 0 Å². The van der Waals surface area contributed by atoms with Crippen molar-refractivity contribution in [1.82, 2.24) is 10.2 Å². The first kappa shape index (κ1) is 21.4. The number of nitrogens with zero attached hydrogens (tertiary/aromatic N) is 2. The van der Waals surface area contributed by atoms with Gasteiger partial charge in [0.1, 0.15) is 0 Å². The van der Waals surface area contributed by atoms with Gasteiger partial charge in [-0.3, -0.25) is 10.1 Å². The van der Waals surface area contributed by atoms with Gasteiger partial charge in [0.25, 0.3) is 5.91 Å². The van der Waals surface area contributed by atoms with Crippen molar-refractivity contribution in [2.45, 2.75) is 71.6 Å². The highest BCUT2D eigenvalue weighted by atomic mass is 32.1. The van der Waals surface area contributed by atoms with Gasteiger partial charge in [-0.1, -0.05) is 87.3 Å². The molecule has 0 aliphatic carbocycles. The molecule has 148 valence electrons. The van der Waals surface area contributed by atoms with Gasteiger partial charge in [0.15, 0.2) is 0 Å². The fourth-order valence-electron chi connectivity index (χ4n) is 2.85. The van der Waals surface area contributed by atoms with Crippen LogP contribution in [0.4, 0.5) is 10.3 Å². The van der Waals surface area contributed by atoms with Crippen LogP contribution in [0.25, 0.3) is 0 Å². The number of nitrogens with one attached hydrogen (secondary N) is 2. The van der Waals surface area contributed by atoms with E-state index in [4.69, 9.17) is 0 Å². The summed E-state index contributed by atoms with van der Waals surface area (Å²) < 4.78 is 0. The van der Waals surface area contributed by atoms with Crippen molar-refractivity contribution < 1.29 is 4.79 Å². The van der Waals surface area contributed by atoms with Gasteiger partial charge < -0.3 is 5.32 Å². The molecule has 1 amide bonds. The van der Waals surface area contributed by atoms with Crippen LogP contribution in [0.5, 0.6) is 0 Å². The lowest BCUT2D eigenvalue weighted by Gasteiger charge is -2.03. The topological polar surface area (TPSA) is 66.9 Å². The number of aryl methyl sites for hydroxylation is 1. The van der Waals surface area contributed by atoms with Crippen molar-refractivity contribution in [2.24, 2.45) is 0 Å². The number of unbranched alkanes of at least 4 members (excludes halogenated alkanes) is 8. The number of carbonyl (C=O) groups excluding carboxylic acids is 1. The fourth-order valence-corrected chi connectivity index (χ4v) is 3.51. The Morgan fingerprint density at radius 3 is 2.15 bits per heavy atom. The molecule has 1 aromatic carbocycles. The van der Waals surface area contributed by atoms with E-state index in [0.29, 0.717) is 10.7 Å². The lowest BCUT2D eigenvalue weighted by atomic mass is 10.1. The van der Waals surface area contributed by atoms with Gasteiger partial charge in [-0.25, -0.2) is 0 Å². The van der Waals surface area contributed by atoms with Crippen molar-refractivity contribution in [2.75, 3.05) is 17.2 Å². The highest BCUT2D eigenvalue weighted by Crippen LogP contribution is 2.21. The van der Waals surface area contributed by atoms with E-state index in [1.54, 1.807) is 0 Å². The van der Waals surface area contributed by atoms with Crippen LogP contribution in [0.3, 0.4) is 0 Å². The summed E-state index contributed by atoms with van der Waals surface area (Å²) in [5, 5.41) is 15.5. The number of anilines is 2. The summed E-state index contributed by atoms with van der Waals surface area (Å²) in [4.78, 5) is 12.2. The van der Waals surface area contributed by atoms with E-state index in [9.17, 15) is 4.79 Å². The monoisotopic (exact) mass is 388 g/mol. The minimum Gasteiger partial charge on any atom is -0.360 e. The van der Waals surface area contributed by atoms with Crippen molar-refractivity contribution in [3.05, 3.63) is 35.4 Å². The highest BCUT2D eigenvalue weighted by molar-refractivity contribution is 7.19. The van der Waals surface area contributed by atoms with Crippen LogP contribution in [0.15, 0.2) is 24.3 Å². The fraction of sp³-hybridized carbons (Fsp3) is 0.571. The zero-order valence-corrected chi connectivity index (χ0v) is 17.4. The maximum Gasteiger partial charge on any atom is 0.257 e. The third-order valence-corrected chi connectivity index (χ3v) is 5.31. The predicted molar refractivity (Wildman–Crippen MR) is 115 cm³/mol. The standard InChI is InChI=1S/C21H32N4OS/c1-3-4-5-6-7-8-9-10-11-16-22-20-24-25-21(27-20)23-19(26)18-14-12-17(2)13-15-18/h12-15H,3-11,16H2,1-2H3,(H,22,24)(H,23,25,26). The lowest BCUT2D eigenvalue weighted by molar-refractivity contribution is 0.102. The first-order chi connectivity index (χ1) is 13.2. The van der Waals surface area contributed by atoms with Crippen LogP contribution in [0, 0.1) is 6.92 Å².